The van der Waals surface area contributed by atoms with Gasteiger partial charge in [-0.2, -0.15) is 5.10 Å². The number of benzene rings is 3. The number of aromatic nitrogens is 2. The quantitative estimate of drug-likeness (QED) is 0.231. The molecule has 1 aliphatic carbocycles. The van der Waals surface area contributed by atoms with Crippen LogP contribution in [-0.2, 0) is 11.3 Å². The predicted molar refractivity (Wildman–Crippen MR) is 175 cm³/mol. The van der Waals surface area contributed by atoms with E-state index in [1.807, 2.05) is 47.7 Å². The highest BCUT2D eigenvalue weighted by Crippen LogP contribution is 2.38. The molecule has 1 saturated heterocycles. The molecule has 0 N–H and O–H groups in total. The monoisotopic (exact) mass is 611 g/mol. The van der Waals surface area contributed by atoms with E-state index in [4.69, 9.17) is 14.6 Å². The predicted octanol–water partition coefficient (Wildman–Crippen LogP) is 6.26. The summed E-state index contributed by atoms with van der Waals surface area (Å²) >= 11 is 0. The smallest absolute Gasteiger partial charge is 0.247 e. The molecular weight excluding hydrogens is 574 g/mol. The Morgan fingerprint density at radius 2 is 1.59 bits per heavy atom. The first-order valence-corrected chi connectivity index (χ1v) is 15.2. The molecule has 3 aromatic carbocycles. The van der Waals surface area contributed by atoms with Gasteiger partial charge in [-0.15, -0.1) is 12.4 Å². The molecule has 8 nitrogen and oxygen atoms in total. The van der Waals surface area contributed by atoms with Crippen molar-refractivity contribution >= 4 is 35.1 Å². The number of fused-ring (bicyclic) bond motifs is 2. The van der Waals surface area contributed by atoms with E-state index in [9.17, 15) is 4.79 Å². The lowest BCUT2D eigenvalue weighted by Crippen LogP contribution is -2.52. The maximum absolute atomic E-state index is 13.8. The highest BCUT2D eigenvalue weighted by molar-refractivity contribution is 6.07. The van der Waals surface area contributed by atoms with E-state index in [1.165, 1.54) is 5.56 Å². The molecule has 2 atom stereocenters. The van der Waals surface area contributed by atoms with E-state index in [2.05, 4.69) is 56.9 Å². The van der Waals surface area contributed by atoms with Crippen LogP contribution in [0.2, 0.25) is 0 Å². The molecule has 3 heterocycles. The van der Waals surface area contributed by atoms with Crippen molar-refractivity contribution in [1.82, 2.24) is 19.5 Å². The fourth-order valence-electron chi connectivity index (χ4n) is 6.83. The number of amides is 1. The Balaban J connectivity index is 0.00000343. The zero-order valence-electron chi connectivity index (χ0n) is 25.1. The third kappa shape index (κ3) is 5.60. The fraction of sp³-hybridized carbons (Fsp3) is 0.343. The zero-order valence-corrected chi connectivity index (χ0v) is 26.0. The lowest BCUT2D eigenvalue weighted by atomic mass is 9.76. The number of imidazole rings is 1. The topological polar surface area (TPSA) is 72.2 Å². The summed E-state index contributed by atoms with van der Waals surface area (Å²) in [4.78, 5) is 20.8. The molecule has 1 amide bonds. The second-order valence-corrected chi connectivity index (χ2v) is 11.7. The molecular formula is C35H38ClN5O3. The lowest BCUT2D eigenvalue weighted by Gasteiger charge is -2.42. The number of para-hydroxylation sites is 2. The summed E-state index contributed by atoms with van der Waals surface area (Å²) in [6, 6.07) is 23.0. The van der Waals surface area contributed by atoms with Crippen molar-refractivity contribution < 1.29 is 14.3 Å². The number of likely N-dealkylation sites (tertiary alicyclic amines) is 1. The molecule has 2 aliphatic heterocycles. The van der Waals surface area contributed by atoms with Crippen LogP contribution in [0.4, 0.5) is 0 Å². The summed E-state index contributed by atoms with van der Waals surface area (Å²) in [5.74, 6) is 1.53. The van der Waals surface area contributed by atoms with Gasteiger partial charge in [-0.05, 0) is 73.7 Å². The van der Waals surface area contributed by atoms with Gasteiger partial charge >= 0.3 is 0 Å². The van der Waals surface area contributed by atoms with Crippen LogP contribution in [0.15, 0.2) is 90.3 Å². The summed E-state index contributed by atoms with van der Waals surface area (Å²) < 4.78 is 13.2. The molecule has 0 unspecified atom stereocenters. The number of ether oxygens (including phenoxy) is 2. The minimum atomic E-state index is -0.0743. The van der Waals surface area contributed by atoms with Gasteiger partial charge < -0.3 is 9.47 Å². The van der Waals surface area contributed by atoms with Gasteiger partial charge in [0, 0.05) is 36.8 Å². The van der Waals surface area contributed by atoms with Crippen LogP contribution >= 0.6 is 12.4 Å². The van der Waals surface area contributed by atoms with Gasteiger partial charge in [-0.1, -0.05) is 36.4 Å². The maximum Gasteiger partial charge on any atom is 0.247 e. The molecule has 0 spiro atoms. The molecule has 7 rings (SSSR count). The summed E-state index contributed by atoms with van der Waals surface area (Å²) in [6.45, 7) is 2.75. The van der Waals surface area contributed by atoms with E-state index in [0.29, 0.717) is 11.5 Å². The van der Waals surface area contributed by atoms with Crippen LogP contribution in [0, 0.1) is 11.8 Å². The highest BCUT2D eigenvalue weighted by Gasteiger charge is 2.42. The molecule has 44 heavy (non-hydrogen) atoms. The van der Waals surface area contributed by atoms with Gasteiger partial charge in [0.15, 0.2) is 11.5 Å². The van der Waals surface area contributed by atoms with Crippen LogP contribution in [0.1, 0.15) is 36.8 Å². The first-order chi connectivity index (χ1) is 21.1. The largest absolute Gasteiger partial charge is 0.493 e. The van der Waals surface area contributed by atoms with Gasteiger partial charge in [0.1, 0.15) is 6.33 Å². The third-order valence-corrected chi connectivity index (χ3v) is 9.20. The average Bonchev–Trinajstić information content (AvgIpc) is 3.50. The number of rotatable bonds is 7. The van der Waals surface area contributed by atoms with Gasteiger partial charge in [0.25, 0.3) is 0 Å². The molecule has 0 saturated carbocycles. The van der Waals surface area contributed by atoms with Crippen molar-refractivity contribution in [1.29, 1.82) is 0 Å². The molecule has 0 radical (unpaired) electrons. The first kappa shape index (κ1) is 29.9. The van der Waals surface area contributed by atoms with Gasteiger partial charge in [0.05, 0.1) is 42.9 Å². The number of methoxy groups -OCH3 is 2. The molecule has 0 bridgehead atoms. The summed E-state index contributed by atoms with van der Waals surface area (Å²) in [5, 5.41) is 6.91. The second kappa shape index (κ2) is 12.8. The van der Waals surface area contributed by atoms with Gasteiger partial charge in [-0.25, -0.2) is 9.99 Å². The number of carbonyl (C=O) groups is 1. The Morgan fingerprint density at radius 3 is 2.34 bits per heavy atom. The Morgan fingerprint density at radius 1 is 0.864 bits per heavy atom. The summed E-state index contributed by atoms with van der Waals surface area (Å²) in [7, 11) is 3.29. The number of hydrogen-bond donors (Lipinski definition) is 0. The molecule has 228 valence electrons. The number of halogens is 1. The Hall–Kier alpha value is -4.14. The van der Waals surface area contributed by atoms with Crippen LogP contribution < -0.4 is 9.47 Å². The molecule has 3 aliphatic rings. The zero-order chi connectivity index (χ0) is 29.3. The average molecular weight is 612 g/mol. The van der Waals surface area contributed by atoms with Crippen LogP contribution in [0.5, 0.6) is 11.5 Å². The van der Waals surface area contributed by atoms with E-state index >= 15 is 0 Å². The van der Waals surface area contributed by atoms with E-state index in [1.54, 1.807) is 14.2 Å². The second-order valence-electron chi connectivity index (χ2n) is 11.7. The number of allylic oxidation sites excluding steroid dienone is 2. The highest BCUT2D eigenvalue weighted by atomic mass is 35.5. The van der Waals surface area contributed by atoms with Gasteiger partial charge in [-0.3, -0.25) is 14.3 Å². The number of hydrazone groups is 1. The van der Waals surface area contributed by atoms with Crippen LogP contribution in [0.3, 0.4) is 0 Å². The minimum absolute atomic E-state index is 0. The maximum atomic E-state index is 13.8. The normalized spacial score (nSPS) is 20.6. The number of nitrogens with zero attached hydrogens (tertiary/aromatic N) is 5. The molecule has 4 aromatic rings. The summed E-state index contributed by atoms with van der Waals surface area (Å²) in [6.07, 6.45) is 9.61. The lowest BCUT2D eigenvalue weighted by molar-refractivity contribution is -0.141. The van der Waals surface area contributed by atoms with Crippen molar-refractivity contribution in [2.75, 3.05) is 27.3 Å². The van der Waals surface area contributed by atoms with Crippen molar-refractivity contribution in [2.24, 2.45) is 16.9 Å². The molecule has 1 fully saturated rings. The van der Waals surface area contributed by atoms with E-state index in [0.717, 1.165) is 73.3 Å². The SMILES string of the molecule is COc1ccc(C2=NN(C3CCN(Cc4ccc(-n5cnc6ccccc65)cc4)CC3)C(=O)[C@@H]3CC=CC[C@H]23)cc1OC.Cl. The summed E-state index contributed by atoms with van der Waals surface area (Å²) in [5.41, 5.74) is 6.47. The first-order valence-electron chi connectivity index (χ1n) is 15.2. The fourth-order valence-corrected chi connectivity index (χ4v) is 6.83. The number of hydrogen-bond acceptors (Lipinski definition) is 6. The molecule has 1 aromatic heterocycles. The molecule has 9 heteroatoms. The van der Waals surface area contributed by atoms with Crippen LogP contribution in [-0.4, -0.2) is 64.4 Å². The Bertz CT molecular complexity index is 1690. The van der Waals surface area contributed by atoms with Crippen molar-refractivity contribution in [3.8, 4) is 17.2 Å². The number of piperidine rings is 1. The minimum Gasteiger partial charge on any atom is -0.493 e. The van der Waals surface area contributed by atoms with E-state index in [-0.39, 0.29) is 36.2 Å². The van der Waals surface area contributed by atoms with Crippen molar-refractivity contribution in [3.63, 3.8) is 0 Å². The Kier molecular flexibility index (Phi) is 8.73. The standard InChI is InChI=1S/C35H37N5O3.ClH/c1-42-32-16-13-25(21-33(32)43-2)34-28-7-3-4-8-29(28)35(41)40(37-34)27-17-19-38(20-18-27)22-24-11-14-26(15-12-24)39-23-36-30-9-5-6-10-31(30)39;/h3-6,9-16,21,23,27-29H,7-8,17-20,22H2,1-2H3;1H/t28-,29+;/m0./s1. The number of carbonyl (C=O) groups excluding carboxylic acids is 1. The third-order valence-electron chi connectivity index (χ3n) is 9.20. The van der Waals surface area contributed by atoms with Crippen molar-refractivity contribution in [2.45, 2.75) is 38.3 Å². The Labute approximate surface area is 264 Å². The van der Waals surface area contributed by atoms with Gasteiger partial charge in [0.2, 0.25) is 5.91 Å². The van der Waals surface area contributed by atoms with Crippen molar-refractivity contribution in [3.05, 3.63) is 96.3 Å². The van der Waals surface area contributed by atoms with Crippen LogP contribution in [0.25, 0.3) is 16.7 Å². The van der Waals surface area contributed by atoms with E-state index < -0.39 is 0 Å².